The third-order valence-electron chi connectivity index (χ3n) is 3.17. The summed E-state index contributed by atoms with van der Waals surface area (Å²) in [6, 6.07) is 5.36. The van der Waals surface area contributed by atoms with Crippen LogP contribution in [0, 0.1) is 5.82 Å². The molecular weight excluding hydrogens is 361 g/mol. The van der Waals surface area contributed by atoms with E-state index in [4.69, 9.17) is 11.6 Å². The molecule has 0 bridgehead atoms. The second-order valence-corrected chi connectivity index (χ2v) is 5.25. The first-order chi connectivity index (χ1) is 12.5. The fraction of sp³-hybridized carbons (Fsp3) is 0.176. The van der Waals surface area contributed by atoms with E-state index >= 15 is 0 Å². The van der Waals surface area contributed by atoms with Gasteiger partial charge in [-0.25, -0.2) is 9.07 Å². The highest BCUT2D eigenvalue weighted by Gasteiger charge is 2.15. The fourth-order valence-corrected chi connectivity index (χ4v) is 2.21. The molecule has 0 aliphatic heterocycles. The molecular formula is C17H17ClFN5O2. The van der Waals surface area contributed by atoms with Gasteiger partial charge >= 0.3 is 0 Å². The Bertz CT molecular complexity index is 940. The van der Waals surface area contributed by atoms with E-state index < -0.39 is 17.3 Å². The molecule has 0 saturated heterocycles. The molecule has 2 aromatic heterocycles. The van der Waals surface area contributed by atoms with Gasteiger partial charge in [0.2, 0.25) is 0 Å². The number of rotatable bonds is 4. The summed E-state index contributed by atoms with van der Waals surface area (Å²) in [6.45, 7) is 4.13. The van der Waals surface area contributed by atoms with E-state index in [1.807, 2.05) is 13.8 Å². The Morgan fingerprint density at radius 1 is 1.35 bits per heavy atom. The van der Waals surface area contributed by atoms with Gasteiger partial charge in [0, 0.05) is 18.5 Å². The molecule has 3 aromatic rings. The summed E-state index contributed by atoms with van der Waals surface area (Å²) in [5.74, 6) is -1.40. The molecule has 1 aromatic carbocycles. The number of halogens is 2. The Balaban J connectivity index is 0.00000117. The van der Waals surface area contributed by atoms with Gasteiger partial charge in [-0.1, -0.05) is 31.5 Å². The molecule has 2 heterocycles. The Morgan fingerprint density at radius 2 is 2.12 bits per heavy atom. The van der Waals surface area contributed by atoms with E-state index in [0.717, 1.165) is 6.07 Å². The van der Waals surface area contributed by atoms with Gasteiger partial charge in [-0.15, -0.1) is 0 Å². The molecule has 26 heavy (non-hydrogen) atoms. The van der Waals surface area contributed by atoms with E-state index in [-0.39, 0.29) is 22.9 Å². The van der Waals surface area contributed by atoms with Gasteiger partial charge in [-0.3, -0.25) is 24.7 Å². The van der Waals surface area contributed by atoms with Crippen molar-refractivity contribution in [3.05, 3.63) is 75.4 Å². The number of benzene rings is 1. The number of aromatic nitrogens is 4. The third kappa shape index (κ3) is 4.54. The van der Waals surface area contributed by atoms with Gasteiger partial charge in [0.25, 0.3) is 11.5 Å². The Labute approximate surface area is 153 Å². The SMILES string of the molecule is CC.O=C(Nc1cccc(Cl)c1F)c1cc(=O)n(Cc2cnccn2)[nH]1. The highest BCUT2D eigenvalue weighted by Crippen LogP contribution is 2.22. The fourth-order valence-electron chi connectivity index (χ4n) is 2.03. The highest BCUT2D eigenvalue weighted by atomic mass is 35.5. The summed E-state index contributed by atoms with van der Waals surface area (Å²) >= 11 is 5.66. The van der Waals surface area contributed by atoms with Crippen molar-refractivity contribution < 1.29 is 9.18 Å². The molecule has 0 unspecified atom stereocenters. The van der Waals surface area contributed by atoms with Crippen molar-refractivity contribution in [2.24, 2.45) is 0 Å². The summed E-state index contributed by atoms with van der Waals surface area (Å²) < 4.78 is 15.0. The van der Waals surface area contributed by atoms with Gasteiger partial charge in [0.1, 0.15) is 5.69 Å². The molecule has 3 rings (SSSR count). The van der Waals surface area contributed by atoms with E-state index in [2.05, 4.69) is 20.4 Å². The lowest BCUT2D eigenvalue weighted by Gasteiger charge is -2.06. The number of hydrogen-bond acceptors (Lipinski definition) is 4. The van der Waals surface area contributed by atoms with Gasteiger partial charge in [0.05, 0.1) is 29.1 Å². The zero-order valence-electron chi connectivity index (χ0n) is 14.2. The van der Waals surface area contributed by atoms with E-state index in [9.17, 15) is 14.0 Å². The molecule has 0 radical (unpaired) electrons. The normalized spacial score (nSPS) is 10.0. The van der Waals surface area contributed by atoms with Crippen LogP contribution in [0.1, 0.15) is 30.0 Å². The first-order valence-corrected chi connectivity index (χ1v) is 8.22. The van der Waals surface area contributed by atoms with Crippen LogP contribution in [0.3, 0.4) is 0 Å². The minimum absolute atomic E-state index is 0.0109. The average molecular weight is 378 g/mol. The number of amides is 1. The quantitative estimate of drug-likeness (QED) is 0.730. The minimum Gasteiger partial charge on any atom is -0.318 e. The van der Waals surface area contributed by atoms with Crippen molar-refractivity contribution in [3.8, 4) is 0 Å². The average Bonchev–Trinajstić information content (AvgIpc) is 3.02. The molecule has 0 saturated carbocycles. The van der Waals surface area contributed by atoms with Gasteiger partial charge in [-0.05, 0) is 12.1 Å². The lowest BCUT2D eigenvalue weighted by molar-refractivity contribution is 0.102. The minimum atomic E-state index is -0.742. The van der Waals surface area contributed by atoms with Crippen LogP contribution in [0.25, 0.3) is 0 Å². The van der Waals surface area contributed by atoms with Crippen molar-refractivity contribution in [2.45, 2.75) is 20.4 Å². The number of aromatic amines is 1. The molecule has 1 amide bonds. The number of hydrogen-bond donors (Lipinski definition) is 2. The predicted molar refractivity (Wildman–Crippen MR) is 96.9 cm³/mol. The predicted octanol–water partition coefficient (Wildman–Crippen LogP) is 3.09. The second-order valence-electron chi connectivity index (χ2n) is 4.85. The largest absolute Gasteiger partial charge is 0.318 e. The van der Waals surface area contributed by atoms with Crippen LogP contribution in [0.2, 0.25) is 5.02 Å². The van der Waals surface area contributed by atoms with E-state index in [0.29, 0.717) is 5.69 Å². The van der Waals surface area contributed by atoms with Crippen molar-refractivity contribution in [3.63, 3.8) is 0 Å². The zero-order chi connectivity index (χ0) is 19.1. The summed E-state index contributed by atoms with van der Waals surface area (Å²) in [5, 5.41) is 4.91. The summed E-state index contributed by atoms with van der Waals surface area (Å²) in [4.78, 5) is 32.0. The number of nitrogens with zero attached hydrogens (tertiary/aromatic N) is 3. The summed E-state index contributed by atoms with van der Waals surface area (Å²) in [6.07, 6.45) is 4.52. The van der Waals surface area contributed by atoms with E-state index in [1.54, 1.807) is 0 Å². The summed E-state index contributed by atoms with van der Waals surface area (Å²) in [7, 11) is 0. The summed E-state index contributed by atoms with van der Waals surface area (Å²) in [5.41, 5.74) is 0.0463. The maximum absolute atomic E-state index is 13.8. The van der Waals surface area contributed by atoms with Crippen LogP contribution < -0.4 is 10.9 Å². The number of nitrogens with one attached hydrogen (secondary N) is 2. The van der Waals surface area contributed by atoms with Crippen LogP contribution in [0.4, 0.5) is 10.1 Å². The Morgan fingerprint density at radius 3 is 2.81 bits per heavy atom. The van der Waals surface area contributed by atoms with Crippen molar-refractivity contribution >= 4 is 23.2 Å². The smallest absolute Gasteiger partial charge is 0.273 e. The molecule has 2 N–H and O–H groups in total. The third-order valence-corrected chi connectivity index (χ3v) is 3.46. The molecule has 0 fully saturated rings. The van der Waals surface area contributed by atoms with Gasteiger partial charge in [0.15, 0.2) is 5.82 Å². The lowest BCUT2D eigenvalue weighted by Crippen LogP contribution is -2.17. The molecule has 0 aliphatic carbocycles. The standard InChI is InChI=1S/C15H11ClFN5O2.C2H6/c16-10-2-1-3-11(14(10)17)20-15(24)12-6-13(23)22(21-12)8-9-7-18-4-5-19-9;1-2/h1-7,21H,8H2,(H,20,24);1-2H3. The molecule has 0 atom stereocenters. The lowest BCUT2D eigenvalue weighted by atomic mass is 10.3. The van der Waals surface area contributed by atoms with Gasteiger partial charge in [-0.2, -0.15) is 0 Å². The number of H-pyrrole nitrogens is 1. The number of carbonyl (C=O) groups excluding carboxylic acids is 1. The van der Waals surface area contributed by atoms with Gasteiger partial charge < -0.3 is 5.32 Å². The molecule has 0 spiro atoms. The van der Waals surface area contributed by atoms with Crippen LogP contribution in [0.5, 0.6) is 0 Å². The monoisotopic (exact) mass is 377 g/mol. The highest BCUT2D eigenvalue weighted by molar-refractivity contribution is 6.31. The van der Waals surface area contributed by atoms with Crippen LogP contribution in [-0.4, -0.2) is 25.7 Å². The Hall–Kier alpha value is -3.00. The van der Waals surface area contributed by atoms with Crippen LogP contribution in [-0.2, 0) is 6.54 Å². The number of anilines is 1. The van der Waals surface area contributed by atoms with Crippen molar-refractivity contribution in [1.82, 2.24) is 19.7 Å². The maximum atomic E-state index is 13.8. The number of carbonyl (C=O) groups is 1. The first-order valence-electron chi connectivity index (χ1n) is 7.84. The molecule has 7 nitrogen and oxygen atoms in total. The second kappa shape index (κ2) is 8.91. The van der Waals surface area contributed by atoms with Crippen molar-refractivity contribution in [2.75, 3.05) is 5.32 Å². The molecule has 9 heteroatoms. The zero-order valence-corrected chi connectivity index (χ0v) is 14.9. The topological polar surface area (TPSA) is 92.7 Å². The van der Waals surface area contributed by atoms with Crippen molar-refractivity contribution in [1.29, 1.82) is 0 Å². The molecule has 0 aliphatic rings. The maximum Gasteiger partial charge on any atom is 0.273 e. The van der Waals surface area contributed by atoms with Crippen LogP contribution in [0.15, 0.2) is 47.7 Å². The first kappa shape index (κ1) is 19.3. The Kier molecular flexibility index (Phi) is 6.62. The molecule has 136 valence electrons. The van der Waals surface area contributed by atoms with E-state index in [1.165, 1.54) is 41.5 Å². The van der Waals surface area contributed by atoms with Crippen LogP contribution >= 0.6 is 11.6 Å².